The Labute approximate surface area is 165 Å². The van der Waals surface area contributed by atoms with Gasteiger partial charge in [-0.3, -0.25) is 4.79 Å². The molecule has 0 bridgehead atoms. The topological polar surface area (TPSA) is 41.5 Å². The number of hydrogen-bond acceptors (Lipinski definition) is 4. The van der Waals surface area contributed by atoms with Crippen molar-refractivity contribution in [3.8, 4) is 0 Å². The number of hydrazone groups is 1. The van der Waals surface area contributed by atoms with Crippen molar-refractivity contribution in [1.82, 2.24) is 5.43 Å². The van der Waals surface area contributed by atoms with E-state index in [1.165, 1.54) is 11.3 Å². The third-order valence-electron chi connectivity index (χ3n) is 3.28. The van der Waals surface area contributed by atoms with Gasteiger partial charge in [0.1, 0.15) is 4.88 Å². The normalized spacial score (nSPS) is 11.9. The molecule has 3 rings (SSSR count). The molecule has 0 fully saturated rings. The van der Waals surface area contributed by atoms with Crippen molar-refractivity contribution in [2.75, 3.05) is 0 Å². The minimum Gasteiger partial charge on any atom is -0.266 e. The van der Waals surface area contributed by atoms with E-state index in [4.69, 9.17) is 23.2 Å². The Morgan fingerprint density at radius 2 is 2.04 bits per heavy atom. The number of amides is 1. The highest BCUT2D eigenvalue weighted by molar-refractivity contribution is 9.11. The van der Waals surface area contributed by atoms with Crippen LogP contribution < -0.4 is 5.43 Å². The standard InChI is InChI=1S/C16H11BrCl2N2OS2/c1-2-10(11-5-6-13(17)23-11)20-21-16(22)15-14(19)9-4-3-8(18)7-12(9)24-15/h3-7H,2H2,1H3,(H,21,22)/b20-10-. The largest absolute Gasteiger partial charge is 0.283 e. The van der Waals surface area contributed by atoms with Crippen LogP contribution in [-0.4, -0.2) is 11.6 Å². The van der Waals surface area contributed by atoms with Crippen molar-refractivity contribution >= 4 is 83.5 Å². The van der Waals surface area contributed by atoms with Crippen LogP contribution in [0.4, 0.5) is 0 Å². The number of nitrogens with zero attached hydrogens (tertiary/aromatic N) is 1. The van der Waals surface area contributed by atoms with Crippen LogP contribution in [0.5, 0.6) is 0 Å². The van der Waals surface area contributed by atoms with Crippen LogP contribution >= 0.6 is 61.8 Å². The van der Waals surface area contributed by atoms with Crippen molar-refractivity contribution in [3.05, 3.63) is 53.9 Å². The molecule has 0 aliphatic carbocycles. The molecule has 1 amide bonds. The van der Waals surface area contributed by atoms with Crippen LogP contribution in [0.1, 0.15) is 27.9 Å². The predicted molar refractivity (Wildman–Crippen MR) is 108 cm³/mol. The number of benzene rings is 1. The van der Waals surface area contributed by atoms with Gasteiger partial charge in [0, 0.05) is 15.1 Å². The molecule has 3 aromatic rings. The monoisotopic (exact) mass is 460 g/mol. The molecule has 124 valence electrons. The summed E-state index contributed by atoms with van der Waals surface area (Å²) in [6.45, 7) is 1.99. The van der Waals surface area contributed by atoms with Crippen molar-refractivity contribution in [1.29, 1.82) is 0 Å². The first-order valence-corrected chi connectivity index (χ1v) is 10.2. The van der Waals surface area contributed by atoms with Crippen LogP contribution in [0.15, 0.2) is 39.2 Å². The third-order valence-corrected chi connectivity index (χ3v) is 6.85. The average Bonchev–Trinajstić information content (AvgIpc) is 3.12. The zero-order valence-corrected chi connectivity index (χ0v) is 17.1. The SMILES string of the molecule is CC/C(=N/NC(=O)c1sc2cc(Cl)ccc2c1Cl)c1ccc(Br)s1. The maximum atomic E-state index is 12.4. The molecular weight excluding hydrogens is 451 g/mol. The molecule has 2 heterocycles. The number of hydrogen-bond donors (Lipinski definition) is 1. The summed E-state index contributed by atoms with van der Waals surface area (Å²) in [6, 6.07) is 9.30. The molecular formula is C16H11BrCl2N2OS2. The molecule has 0 aliphatic heterocycles. The summed E-state index contributed by atoms with van der Waals surface area (Å²) in [4.78, 5) is 13.9. The Bertz CT molecular complexity index is 949. The van der Waals surface area contributed by atoms with Crippen molar-refractivity contribution in [2.24, 2.45) is 5.10 Å². The second-order valence-electron chi connectivity index (χ2n) is 4.84. The maximum Gasteiger partial charge on any atom is 0.283 e. The van der Waals surface area contributed by atoms with Gasteiger partial charge in [0.05, 0.1) is 19.4 Å². The average molecular weight is 462 g/mol. The minimum atomic E-state index is -0.320. The first-order chi connectivity index (χ1) is 11.5. The summed E-state index contributed by atoms with van der Waals surface area (Å²) in [5, 5.41) is 6.12. The smallest absolute Gasteiger partial charge is 0.266 e. The summed E-state index contributed by atoms with van der Waals surface area (Å²) >= 11 is 18.6. The second kappa shape index (κ2) is 7.54. The number of nitrogens with one attached hydrogen (secondary N) is 1. The van der Waals surface area contributed by atoms with Crippen LogP contribution in [0.3, 0.4) is 0 Å². The molecule has 0 spiro atoms. The van der Waals surface area contributed by atoms with Crippen LogP contribution in [0, 0.1) is 0 Å². The minimum absolute atomic E-state index is 0.320. The van der Waals surface area contributed by atoms with Gasteiger partial charge in [-0.05, 0) is 46.6 Å². The van der Waals surface area contributed by atoms with Gasteiger partial charge >= 0.3 is 0 Å². The Morgan fingerprint density at radius 3 is 2.71 bits per heavy atom. The van der Waals surface area contributed by atoms with Gasteiger partial charge in [0.2, 0.25) is 0 Å². The lowest BCUT2D eigenvalue weighted by Crippen LogP contribution is -2.19. The highest BCUT2D eigenvalue weighted by atomic mass is 79.9. The van der Waals surface area contributed by atoms with E-state index in [1.54, 1.807) is 23.5 Å². The van der Waals surface area contributed by atoms with Gasteiger partial charge in [-0.1, -0.05) is 36.2 Å². The Morgan fingerprint density at radius 1 is 1.25 bits per heavy atom. The number of carbonyl (C=O) groups excluding carboxylic acids is 1. The van der Waals surface area contributed by atoms with Crippen LogP contribution in [-0.2, 0) is 0 Å². The van der Waals surface area contributed by atoms with Gasteiger partial charge in [-0.15, -0.1) is 22.7 Å². The number of halogens is 3. The quantitative estimate of drug-likeness (QED) is 0.346. The fourth-order valence-corrected chi connectivity index (χ4v) is 5.26. The molecule has 1 N–H and O–H groups in total. The van der Waals surface area contributed by atoms with E-state index in [9.17, 15) is 4.79 Å². The van der Waals surface area contributed by atoms with Gasteiger partial charge < -0.3 is 0 Å². The fourth-order valence-electron chi connectivity index (χ4n) is 2.13. The number of thiophene rings is 2. The molecule has 24 heavy (non-hydrogen) atoms. The Kier molecular flexibility index (Phi) is 5.62. The second-order valence-corrected chi connectivity index (χ2v) is 9.17. The van der Waals surface area contributed by atoms with Crippen molar-refractivity contribution in [2.45, 2.75) is 13.3 Å². The molecule has 8 heteroatoms. The Hall–Kier alpha value is -0.920. The predicted octanol–water partition coefficient (Wildman–Crippen LogP) is 6.58. The highest BCUT2D eigenvalue weighted by Crippen LogP contribution is 2.36. The van der Waals surface area contributed by atoms with Gasteiger partial charge in [0.15, 0.2) is 0 Å². The third kappa shape index (κ3) is 3.68. The molecule has 0 saturated carbocycles. The number of fused-ring (bicyclic) bond motifs is 1. The zero-order valence-electron chi connectivity index (χ0n) is 12.4. The Balaban J connectivity index is 1.87. The highest BCUT2D eigenvalue weighted by Gasteiger charge is 2.17. The number of carbonyl (C=O) groups is 1. The van der Waals surface area contributed by atoms with Gasteiger partial charge in [0.25, 0.3) is 5.91 Å². The lowest BCUT2D eigenvalue weighted by molar-refractivity contribution is 0.0959. The van der Waals surface area contributed by atoms with Crippen molar-refractivity contribution < 1.29 is 4.79 Å². The van der Waals surface area contributed by atoms with Crippen molar-refractivity contribution in [3.63, 3.8) is 0 Å². The molecule has 3 nitrogen and oxygen atoms in total. The van der Waals surface area contributed by atoms with E-state index in [2.05, 4.69) is 26.5 Å². The summed E-state index contributed by atoms with van der Waals surface area (Å²) in [7, 11) is 0. The summed E-state index contributed by atoms with van der Waals surface area (Å²) in [6.07, 6.45) is 0.711. The van der Waals surface area contributed by atoms with E-state index in [0.717, 1.165) is 24.5 Å². The molecule has 0 radical (unpaired) electrons. The molecule has 0 unspecified atom stereocenters. The first kappa shape index (κ1) is 17.9. The van der Waals surface area contributed by atoms with E-state index in [-0.39, 0.29) is 5.91 Å². The van der Waals surface area contributed by atoms with Crippen LogP contribution in [0.2, 0.25) is 10.0 Å². The van der Waals surface area contributed by atoms with E-state index < -0.39 is 0 Å². The lowest BCUT2D eigenvalue weighted by Gasteiger charge is -2.02. The van der Waals surface area contributed by atoms with Crippen LogP contribution in [0.25, 0.3) is 10.1 Å². The molecule has 2 aromatic heterocycles. The van der Waals surface area contributed by atoms with Gasteiger partial charge in [-0.2, -0.15) is 5.10 Å². The molecule has 0 saturated heterocycles. The fraction of sp³-hybridized carbons (Fsp3) is 0.125. The van der Waals surface area contributed by atoms with E-state index in [0.29, 0.717) is 21.3 Å². The summed E-state index contributed by atoms with van der Waals surface area (Å²) in [5.74, 6) is -0.320. The summed E-state index contributed by atoms with van der Waals surface area (Å²) < 4.78 is 1.90. The molecule has 0 aliphatic rings. The lowest BCUT2D eigenvalue weighted by atomic mass is 10.2. The first-order valence-electron chi connectivity index (χ1n) is 6.99. The van der Waals surface area contributed by atoms with E-state index in [1.807, 2.05) is 25.1 Å². The zero-order chi connectivity index (χ0) is 17.3. The summed E-state index contributed by atoms with van der Waals surface area (Å²) in [5.41, 5.74) is 3.43. The molecule has 0 atom stereocenters. The van der Waals surface area contributed by atoms with Gasteiger partial charge in [-0.25, -0.2) is 5.43 Å². The maximum absolute atomic E-state index is 12.4. The number of rotatable bonds is 4. The van der Waals surface area contributed by atoms with E-state index >= 15 is 0 Å². The molecule has 1 aromatic carbocycles.